The molecule has 4 nitrogen and oxygen atoms in total. The minimum atomic E-state index is -0.487. The Morgan fingerprint density at radius 1 is 1.00 bits per heavy atom. The van der Waals surface area contributed by atoms with Gasteiger partial charge in [-0.25, -0.2) is 0 Å². The highest BCUT2D eigenvalue weighted by molar-refractivity contribution is 7.99. The molecule has 0 saturated carbocycles. The van der Waals surface area contributed by atoms with Crippen molar-refractivity contribution in [3.8, 4) is 0 Å². The molecule has 0 aliphatic heterocycles. The predicted molar refractivity (Wildman–Crippen MR) is 131 cm³/mol. The van der Waals surface area contributed by atoms with Gasteiger partial charge in [-0.05, 0) is 49.9 Å². The van der Waals surface area contributed by atoms with Crippen LogP contribution in [-0.4, -0.2) is 34.6 Å². The van der Waals surface area contributed by atoms with Crippen LogP contribution in [0, 0.1) is 6.92 Å². The molecule has 0 fully saturated rings. The van der Waals surface area contributed by atoms with Gasteiger partial charge in [-0.1, -0.05) is 67.4 Å². The molecule has 2 aromatic carbocycles. The van der Waals surface area contributed by atoms with Crippen molar-refractivity contribution in [2.45, 2.75) is 64.9 Å². The second kappa shape index (κ2) is 12.8. The van der Waals surface area contributed by atoms with Gasteiger partial charge < -0.3 is 10.2 Å². The van der Waals surface area contributed by atoms with E-state index in [-0.39, 0.29) is 17.9 Å². The normalized spacial score (nSPS) is 12.8. The Morgan fingerprint density at radius 3 is 2.19 bits per heavy atom. The number of aryl methyl sites for hydroxylation is 1. The lowest BCUT2D eigenvalue weighted by atomic mass is 10.1. The lowest BCUT2D eigenvalue weighted by Gasteiger charge is -2.31. The van der Waals surface area contributed by atoms with Crippen LogP contribution >= 0.6 is 23.4 Å². The van der Waals surface area contributed by atoms with E-state index in [2.05, 4.69) is 5.32 Å². The van der Waals surface area contributed by atoms with E-state index in [1.54, 1.807) is 16.7 Å². The fourth-order valence-electron chi connectivity index (χ4n) is 3.17. The van der Waals surface area contributed by atoms with Gasteiger partial charge in [0.2, 0.25) is 11.8 Å². The van der Waals surface area contributed by atoms with Crippen molar-refractivity contribution < 1.29 is 9.59 Å². The Labute approximate surface area is 195 Å². The maximum absolute atomic E-state index is 13.2. The Hall–Kier alpha value is -1.98. The van der Waals surface area contributed by atoms with Gasteiger partial charge in [0, 0.05) is 23.4 Å². The number of halogens is 1. The van der Waals surface area contributed by atoms with E-state index in [1.165, 1.54) is 5.56 Å². The largest absolute Gasteiger partial charge is 0.352 e. The second-order valence-electron chi connectivity index (χ2n) is 7.87. The molecule has 0 unspecified atom stereocenters. The van der Waals surface area contributed by atoms with Crippen LogP contribution in [0.5, 0.6) is 0 Å². The minimum absolute atomic E-state index is 0.0225. The standard InChI is InChI=1S/C25H33ClN2O2S/c1-5-19(4)27-25(30)23(6-2)28(15-20-9-7-18(3)8-10-20)24(29)17-31-16-21-11-13-22(26)14-12-21/h7-14,19,23H,5-6,15-17H2,1-4H3,(H,27,30)/t19-,23-/m1/s1. The van der Waals surface area contributed by atoms with Crippen molar-refractivity contribution in [1.82, 2.24) is 10.2 Å². The van der Waals surface area contributed by atoms with Gasteiger partial charge in [0.05, 0.1) is 5.75 Å². The highest BCUT2D eigenvalue weighted by Gasteiger charge is 2.29. The van der Waals surface area contributed by atoms with E-state index in [4.69, 9.17) is 11.6 Å². The van der Waals surface area contributed by atoms with Gasteiger partial charge in [-0.15, -0.1) is 11.8 Å². The average Bonchev–Trinajstić information content (AvgIpc) is 2.76. The van der Waals surface area contributed by atoms with Crippen molar-refractivity contribution in [2.75, 3.05) is 5.75 Å². The van der Waals surface area contributed by atoms with Gasteiger partial charge in [-0.2, -0.15) is 0 Å². The third kappa shape index (κ3) is 8.23. The van der Waals surface area contributed by atoms with Gasteiger partial charge in [-0.3, -0.25) is 9.59 Å². The minimum Gasteiger partial charge on any atom is -0.352 e. The van der Waals surface area contributed by atoms with Crippen LogP contribution in [0.25, 0.3) is 0 Å². The van der Waals surface area contributed by atoms with E-state index >= 15 is 0 Å². The molecule has 0 aliphatic carbocycles. The molecule has 0 heterocycles. The molecule has 0 aliphatic rings. The number of nitrogens with zero attached hydrogens (tertiary/aromatic N) is 1. The van der Waals surface area contributed by atoms with E-state index in [1.807, 2.05) is 76.2 Å². The van der Waals surface area contributed by atoms with Crippen LogP contribution in [-0.2, 0) is 21.9 Å². The molecule has 2 rings (SSSR count). The Morgan fingerprint density at radius 2 is 1.61 bits per heavy atom. The number of hydrogen-bond donors (Lipinski definition) is 1. The van der Waals surface area contributed by atoms with E-state index in [0.29, 0.717) is 23.7 Å². The van der Waals surface area contributed by atoms with Crippen LogP contribution in [0.3, 0.4) is 0 Å². The molecule has 0 bridgehead atoms. The highest BCUT2D eigenvalue weighted by Crippen LogP contribution is 2.19. The van der Waals surface area contributed by atoms with Gasteiger partial charge in [0.1, 0.15) is 6.04 Å². The zero-order chi connectivity index (χ0) is 22.8. The molecule has 2 amide bonds. The highest BCUT2D eigenvalue weighted by atomic mass is 35.5. The summed E-state index contributed by atoms with van der Waals surface area (Å²) in [7, 11) is 0. The average molecular weight is 461 g/mol. The molecule has 31 heavy (non-hydrogen) atoms. The topological polar surface area (TPSA) is 49.4 Å². The molecule has 0 saturated heterocycles. The number of rotatable bonds is 11. The molecule has 2 aromatic rings. The predicted octanol–water partition coefficient (Wildman–Crippen LogP) is 5.60. The summed E-state index contributed by atoms with van der Waals surface area (Å²) >= 11 is 7.50. The van der Waals surface area contributed by atoms with E-state index in [9.17, 15) is 9.59 Å². The number of amides is 2. The maximum atomic E-state index is 13.2. The van der Waals surface area contributed by atoms with E-state index < -0.39 is 6.04 Å². The molecule has 6 heteroatoms. The lowest BCUT2D eigenvalue weighted by Crippen LogP contribution is -2.51. The molecular weight excluding hydrogens is 428 g/mol. The second-order valence-corrected chi connectivity index (χ2v) is 9.29. The SMILES string of the molecule is CC[C@@H](C)NC(=O)[C@@H](CC)N(Cc1ccc(C)cc1)C(=O)CSCc1ccc(Cl)cc1. The summed E-state index contributed by atoms with van der Waals surface area (Å²) in [6.45, 7) is 8.44. The molecule has 1 N–H and O–H groups in total. The summed E-state index contributed by atoms with van der Waals surface area (Å²) in [5, 5.41) is 3.75. The van der Waals surface area contributed by atoms with E-state index in [0.717, 1.165) is 23.3 Å². The smallest absolute Gasteiger partial charge is 0.243 e. The quantitative estimate of drug-likeness (QED) is 0.474. The van der Waals surface area contributed by atoms with Crippen LogP contribution < -0.4 is 5.32 Å². The van der Waals surface area contributed by atoms with Crippen molar-refractivity contribution in [3.05, 3.63) is 70.2 Å². The third-order valence-corrected chi connectivity index (χ3v) is 6.51. The van der Waals surface area contributed by atoms with Crippen molar-refractivity contribution in [2.24, 2.45) is 0 Å². The molecule has 2 atom stereocenters. The zero-order valence-electron chi connectivity index (χ0n) is 18.9. The summed E-state index contributed by atoms with van der Waals surface area (Å²) in [6, 6.07) is 15.4. The molecule has 168 valence electrons. The number of carbonyl (C=O) groups excluding carboxylic acids is 2. The summed E-state index contributed by atoms with van der Waals surface area (Å²) < 4.78 is 0. The van der Waals surface area contributed by atoms with Gasteiger partial charge >= 0.3 is 0 Å². The Bertz CT molecular complexity index is 840. The first-order valence-electron chi connectivity index (χ1n) is 10.8. The first-order valence-corrected chi connectivity index (χ1v) is 12.3. The number of hydrogen-bond acceptors (Lipinski definition) is 3. The Kier molecular flexibility index (Phi) is 10.4. The number of carbonyl (C=O) groups is 2. The van der Waals surface area contributed by atoms with Crippen LogP contribution in [0.4, 0.5) is 0 Å². The fraction of sp³-hybridized carbons (Fsp3) is 0.440. The van der Waals surface area contributed by atoms with Crippen molar-refractivity contribution >= 4 is 35.2 Å². The summed E-state index contributed by atoms with van der Waals surface area (Å²) in [4.78, 5) is 27.9. The molecular formula is C25H33ClN2O2S. The first kappa shape index (κ1) is 25.3. The fourth-order valence-corrected chi connectivity index (χ4v) is 4.17. The summed E-state index contributed by atoms with van der Waals surface area (Å²) in [6.07, 6.45) is 1.42. The summed E-state index contributed by atoms with van der Waals surface area (Å²) in [5.74, 6) is 0.935. The number of nitrogens with one attached hydrogen (secondary N) is 1. The maximum Gasteiger partial charge on any atom is 0.243 e. The van der Waals surface area contributed by atoms with Crippen LogP contribution in [0.15, 0.2) is 48.5 Å². The van der Waals surface area contributed by atoms with Crippen LogP contribution in [0.1, 0.15) is 50.3 Å². The first-order chi connectivity index (χ1) is 14.8. The third-order valence-electron chi connectivity index (χ3n) is 5.27. The van der Waals surface area contributed by atoms with Crippen molar-refractivity contribution in [3.63, 3.8) is 0 Å². The van der Waals surface area contributed by atoms with Gasteiger partial charge in [0.25, 0.3) is 0 Å². The van der Waals surface area contributed by atoms with Gasteiger partial charge in [0.15, 0.2) is 0 Å². The molecule has 0 aromatic heterocycles. The lowest BCUT2D eigenvalue weighted by molar-refractivity contribution is -0.139. The molecule has 0 radical (unpaired) electrons. The Balaban J connectivity index is 2.12. The van der Waals surface area contributed by atoms with Crippen molar-refractivity contribution in [1.29, 1.82) is 0 Å². The zero-order valence-corrected chi connectivity index (χ0v) is 20.4. The number of benzene rings is 2. The monoisotopic (exact) mass is 460 g/mol. The molecule has 0 spiro atoms. The van der Waals surface area contributed by atoms with Crippen LogP contribution in [0.2, 0.25) is 5.02 Å². The number of thioether (sulfide) groups is 1. The summed E-state index contributed by atoms with van der Waals surface area (Å²) in [5.41, 5.74) is 3.31.